The highest BCUT2D eigenvalue weighted by molar-refractivity contribution is 7.89. The molecule has 1 heterocycles. The molecule has 7 heteroatoms. The predicted molar refractivity (Wildman–Crippen MR) is 88.9 cm³/mol. The molecule has 1 unspecified atom stereocenters. The third kappa shape index (κ3) is 3.28. The summed E-state index contributed by atoms with van der Waals surface area (Å²) in [7, 11) is -2.15. The summed E-state index contributed by atoms with van der Waals surface area (Å²) in [5.41, 5.74) is 0.638. The van der Waals surface area contributed by atoms with E-state index in [4.69, 9.17) is 4.74 Å². The molecule has 0 saturated carbocycles. The maximum absolute atomic E-state index is 13.5. The van der Waals surface area contributed by atoms with Crippen molar-refractivity contribution in [2.75, 3.05) is 26.7 Å². The number of methoxy groups -OCH3 is 1. The van der Waals surface area contributed by atoms with Gasteiger partial charge in [-0.3, -0.25) is 0 Å². The van der Waals surface area contributed by atoms with Crippen molar-refractivity contribution < 1.29 is 17.5 Å². The molecule has 0 amide bonds. The summed E-state index contributed by atoms with van der Waals surface area (Å²) in [5, 5.41) is 3.18. The summed E-state index contributed by atoms with van der Waals surface area (Å²) in [6.45, 7) is 1.33. The molecular formula is C17H19FN2O3S. The SMILES string of the molecule is COc1ccc(S(=O)(=O)N2CCNCC2c2cccc(F)c2)cc1. The fourth-order valence-corrected chi connectivity index (χ4v) is 4.47. The molecule has 1 aliphatic heterocycles. The molecule has 5 nitrogen and oxygen atoms in total. The van der Waals surface area contributed by atoms with Gasteiger partial charge in [-0.25, -0.2) is 12.8 Å². The highest BCUT2D eigenvalue weighted by Crippen LogP contribution is 2.29. The summed E-state index contributed by atoms with van der Waals surface area (Å²) in [5.74, 6) is 0.218. The standard InChI is InChI=1S/C17H19FN2O3S/c1-23-15-5-7-16(8-6-15)24(21,22)20-10-9-19-12-17(20)13-3-2-4-14(18)11-13/h2-8,11,17,19H,9-10,12H2,1H3. The van der Waals surface area contributed by atoms with Crippen molar-refractivity contribution in [1.29, 1.82) is 0 Å². The summed E-state index contributed by atoms with van der Waals surface area (Å²) < 4.78 is 46.1. The summed E-state index contributed by atoms with van der Waals surface area (Å²) in [4.78, 5) is 0.201. The second kappa shape index (κ2) is 6.88. The average Bonchev–Trinajstić information content (AvgIpc) is 2.62. The van der Waals surface area contributed by atoms with Gasteiger partial charge in [0.15, 0.2) is 0 Å². The van der Waals surface area contributed by atoms with Crippen molar-refractivity contribution in [2.24, 2.45) is 0 Å². The first-order valence-electron chi connectivity index (χ1n) is 7.64. The molecule has 0 bridgehead atoms. The molecule has 1 aliphatic rings. The zero-order valence-electron chi connectivity index (χ0n) is 13.3. The molecule has 0 aromatic heterocycles. The van der Waals surface area contributed by atoms with Crippen LogP contribution in [0.5, 0.6) is 5.75 Å². The van der Waals surface area contributed by atoms with Crippen LogP contribution in [0.3, 0.4) is 0 Å². The highest BCUT2D eigenvalue weighted by Gasteiger charge is 2.34. The van der Waals surface area contributed by atoms with Crippen LogP contribution in [0.15, 0.2) is 53.4 Å². The normalized spacial score (nSPS) is 19.2. The molecule has 3 rings (SSSR count). The second-order valence-corrected chi connectivity index (χ2v) is 7.46. The van der Waals surface area contributed by atoms with E-state index in [0.29, 0.717) is 30.9 Å². The van der Waals surface area contributed by atoms with Crippen LogP contribution in [0.25, 0.3) is 0 Å². The molecule has 1 fully saturated rings. The first-order valence-corrected chi connectivity index (χ1v) is 9.08. The molecule has 24 heavy (non-hydrogen) atoms. The number of hydrogen-bond donors (Lipinski definition) is 1. The largest absolute Gasteiger partial charge is 0.497 e. The number of nitrogens with one attached hydrogen (secondary N) is 1. The number of halogens is 1. The minimum absolute atomic E-state index is 0.201. The van der Waals surface area contributed by atoms with Crippen molar-refractivity contribution in [1.82, 2.24) is 9.62 Å². The summed E-state index contributed by atoms with van der Waals surface area (Å²) >= 11 is 0. The Labute approximate surface area is 141 Å². The van der Waals surface area contributed by atoms with Gasteiger partial charge in [0.05, 0.1) is 18.0 Å². The quantitative estimate of drug-likeness (QED) is 0.918. The van der Waals surface area contributed by atoms with Crippen LogP contribution >= 0.6 is 0 Å². The van der Waals surface area contributed by atoms with Gasteiger partial charge in [0.1, 0.15) is 11.6 Å². The summed E-state index contributed by atoms with van der Waals surface area (Å²) in [6.07, 6.45) is 0. The lowest BCUT2D eigenvalue weighted by Gasteiger charge is -2.35. The third-order valence-electron chi connectivity index (χ3n) is 4.09. The van der Waals surface area contributed by atoms with Gasteiger partial charge >= 0.3 is 0 Å². The van der Waals surface area contributed by atoms with E-state index in [1.807, 2.05) is 0 Å². The first-order chi connectivity index (χ1) is 11.5. The van der Waals surface area contributed by atoms with E-state index < -0.39 is 16.1 Å². The average molecular weight is 350 g/mol. The van der Waals surface area contributed by atoms with Gasteiger partial charge in [-0.15, -0.1) is 0 Å². The first kappa shape index (κ1) is 16.9. The Kier molecular flexibility index (Phi) is 4.84. The van der Waals surface area contributed by atoms with Gasteiger partial charge in [0, 0.05) is 19.6 Å². The van der Waals surface area contributed by atoms with Crippen LogP contribution in [0, 0.1) is 5.82 Å². The van der Waals surface area contributed by atoms with E-state index in [9.17, 15) is 12.8 Å². The lowest BCUT2D eigenvalue weighted by Crippen LogP contribution is -2.48. The van der Waals surface area contributed by atoms with Gasteiger partial charge < -0.3 is 10.1 Å². The van der Waals surface area contributed by atoms with Gasteiger partial charge in [0.2, 0.25) is 10.0 Å². The van der Waals surface area contributed by atoms with Gasteiger partial charge in [-0.05, 0) is 42.0 Å². The Morgan fingerprint density at radius 1 is 1.21 bits per heavy atom. The highest BCUT2D eigenvalue weighted by atomic mass is 32.2. The van der Waals surface area contributed by atoms with Crippen LogP contribution in [-0.2, 0) is 10.0 Å². The fraction of sp³-hybridized carbons (Fsp3) is 0.294. The number of benzene rings is 2. The van der Waals surface area contributed by atoms with Crippen molar-refractivity contribution in [3.8, 4) is 5.75 Å². The lowest BCUT2D eigenvalue weighted by atomic mass is 10.1. The minimum Gasteiger partial charge on any atom is -0.497 e. The summed E-state index contributed by atoms with van der Waals surface area (Å²) in [6, 6.07) is 11.9. The Balaban J connectivity index is 1.96. The molecule has 0 aliphatic carbocycles. The molecule has 0 radical (unpaired) electrons. The van der Waals surface area contributed by atoms with Crippen LogP contribution in [-0.4, -0.2) is 39.5 Å². The zero-order valence-corrected chi connectivity index (χ0v) is 14.1. The van der Waals surface area contributed by atoms with E-state index in [-0.39, 0.29) is 10.7 Å². The monoisotopic (exact) mass is 350 g/mol. The van der Waals surface area contributed by atoms with Gasteiger partial charge in [-0.1, -0.05) is 12.1 Å². The van der Waals surface area contributed by atoms with Crippen molar-refractivity contribution in [3.05, 3.63) is 59.9 Å². The van der Waals surface area contributed by atoms with Crippen LogP contribution in [0.4, 0.5) is 4.39 Å². The molecule has 2 aromatic carbocycles. The number of nitrogens with zero attached hydrogens (tertiary/aromatic N) is 1. The van der Waals surface area contributed by atoms with E-state index in [1.54, 1.807) is 24.3 Å². The lowest BCUT2D eigenvalue weighted by molar-refractivity contribution is 0.271. The molecule has 1 saturated heterocycles. The van der Waals surface area contributed by atoms with Crippen LogP contribution < -0.4 is 10.1 Å². The van der Waals surface area contributed by atoms with E-state index in [2.05, 4.69) is 5.32 Å². The van der Waals surface area contributed by atoms with Crippen LogP contribution in [0.2, 0.25) is 0 Å². The van der Waals surface area contributed by atoms with E-state index in [1.165, 1.54) is 35.7 Å². The molecule has 1 N–H and O–H groups in total. The number of sulfonamides is 1. The topological polar surface area (TPSA) is 58.6 Å². The van der Waals surface area contributed by atoms with Crippen molar-refractivity contribution >= 4 is 10.0 Å². The molecule has 1 atom stereocenters. The molecule has 0 spiro atoms. The molecule has 128 valence electrons. The Hall–Kier alpha value is -1.96. The van der Waals surface area contributed by atoms with Crippen molar-refractivity contribution in [3.63, 3.8) is 0 Å². The zero-order chi connectivity index (χ0) is 17.2. The van der Waals surface area contributed by atoms with Crippen molar-refractivity contribution in [2.45, 2.75) is 10.9 Å². The van der Waals surface area contributed by atoms with E-state index >= 15 is 0 Å². The fourth-order valence-electron chi connectivity index (χ4n) is 2.85. The van der Waals surface area contributed by atoms with Gasteiger partial charge in [0.25, 0.3) is 0 Å². The molecular weight excluding hydrogens is 331 g/mol. The molecule has 2 aromatic rings. The Bertz CT molecular complexity index is 809. The Morgan fingerprint density at radius 3 is 2.62 bits per heavy atom. The maximum Gasteiger partial charge on any atom is 0.243 e. The van der Waals surface area contributed by atoms with Gasteiger partial charge in [-0.2, -0.15) is 4.31 Å². The number of rotatable bonds is 4. The third-order valence-corrected chi connectivity index (χ3v) is 6.02. The number of ether oxygens (including phenoxy) is 1. The second-order valence-electron chi connectivity index (χ2n) is 5.57. The Morgan fingerprint density at radius 2 is 1.96 bits per heavy atom. The van der Waals surface area contributed by atoms with E-state index in [0.717, 1.165) is 0 Å². The maximum atomic E-state index is 13.5. The minimum atomic E-state index is -3.68. The smallest absolute Gasteiger partial charge is 0.243 e. The number of piperazine rings is 1. The predicted octanol–water partition coefficient (Wildman–Crippen LogP) is 2.17. The number of hydrogen-bond acceptors (Lipinski definition) is 4. The van der Waals surface area contributed by atoms with Crippen LogP contribution in [0.1, 0.15) is 11.6 Å².